The van der Waals surface area contributed by atoms with E-state index >= 15 is 0 Å². The van der Waals surface area contributed by atoms with Crippen LogP contribution in [0.2, 0.25) is 0 Å². The molecule has 1 aromatic heterocycles. The number of nitrogens with one attached hydrogen (secondary N) is 1. The third kappa shape index (κ3) is 5.57. The number of rotatable bonds is 7. The summed E-state index contributed by atoms with van der Waals surface area (Å²) in [5.41, 5.74) is 2.59. The largest absolute Gasteiger partial charge is 0.353 e. The Bertz CT molecular complexity index is 765. The van der Waals surface area contributed by atoms with Crippen LogP contribution in [0.5, 0.6) is 0 Å². The van der Waals surface area contributed by atoms with Crippen LogP contribution < -0.4 is 10.2 Å². The van der Waals surface area contributed by atoms with Gasteiger partial charge in [0.05, 0.1) is 6.54 Å². The number of amides is 1. The second-order valence-electron chi connectivity index (χ2n) is 8.48. The van der Waals surface area contributed by atoms with Crippen LogP contribution in [0.3, 0.4) is 0 Å². The van der Waals surface area contributed by atoms with Gasteiger partial charge in [-0.05, 0) is 35.1 Å². The molecule has 0 aliphatic carbocycles. The molecule has 1 amide bonds. The molecular formula is C24H34N4O. The zero-order chi connectivity index (χ0) is 20.8. The van der Waals surface area contributed by atoms with Crippen LogP contribution in [-0.4, -0.2) is 48.5 Å². The van der Waals surface area contributed by atoms with E-state index in [4.69, 9.17) is 0 Å². The summed E-state index contributed by atoms with van der Waals surface area (Å²) in [5, 5.41) is 3.51. The van der Waals surface area contributed by atoms with Gasteiger partial charge in [-0.1, -0.05) is 58.0 Å². The van der Waals surface area contributed by atoms with Crippen molar-refractivity contribution in [2.75, 3.05) is 37.6 Å². The van der Waals surface area contributed by atoms with Crippen molar-refractivity contribution in [1.82, 2.24) is 15.2 Å². The molecule has 5 heteroatoms. The first-order valence-electron chi connectivity index (χ1n) is 10.7. The molecule has 1 N–H and O–H groups in total. The van der Waals surface area contributed by atoms with Crippen molar-refractivity contribution in [3.8, 4) is 0 Å². The number of aromatic nitrogens is 1. The highest BCUT2D eigenvalue weighted by Crippen LogP contribution is 2.24. The predicted molar refractivity (Wildman–Crippen MR) is 119 cm³/mol. The molecule has 1 aliphatic heterocycles. The van der Waals surface area contributed by atoms with E-state index in [-0.39, 0.29) is 11.9 Å². The molecule has 156 valence electrons. The summed E-state index contributed by atoms with van der Waals surface area (Å²) < 4.78 is 0. The molecule has 3 rings (SSSR count). The molecule has 1 fully saturated rings. The second kappa shape index (κ2) is 9.88. The van der Waals surface area contributed by atoms with Gasteiger partial charge in [-0.3, -0.25) is 4.79 Å². The van der Waals surface area contributed by atoms with Crippen LogP contribution >= 0.6 is 0 Å². The van der Waals surface area contributed by atoms with E-state index in [1.165, 1.54) is 11.1 Å². The Balaban J connectivity index is 1.53. The summed E-state index contributed by atoms with van der Waals surface area (Å²) in [6.07, 6.45) is 1.82. The third-order valence-electron chi connectivity index (χ3n) is 5.71. The summed E-state index contributed by atoms with van der Waals surface area (Å²) >= 11 is 0. The van der Waals surface area contributed by atoms with E-state index in [1.54, 1.807) is 0 Å². The SMILES string of the molecule is CC(C)c1ccc([C@@H](NCC(=O)N2CCN(c3ccccn3)CC2)C(C)C)cc1. The molecule has 5 nitrogen and oxygen atoms in total. The molecule has 1 atom stereocenters. The first kappa shape index (κ1) is 21.3. The lowest BCUT2D eigenvalue weighted by atomic mass is 9.93. The van der Waals surface area contributed by atoms with Crippen molar-refractivity contribution < 1.29 is 4.79 Å². The van der Waals surface area contributed by atoms with Gasteiger partial charge in [0.25, 0.3) is 0 Å². The smallest absolute Gasteiger partial charge is 0.236 e. The van der Waals surface area contributed by atoms with Crippen molar-refractivity contribution in [3.63, 3.8) is 0 Å². The molecule has 29 heavy (non-hydrogen) atoms. The third-order valence-corrected chi connectivity index (χ3v) is 5.71. The zero-order valence-corrected chi connectivity index (χ0v) is 18.1. The van der Waals surface area contributed by atoms with Gasteiger partial charge >= 0.3 is 0 Å². The fraction of sp³-hybridized carbons (Fsp3) is 0.500. The summed E-state index contributed by atoms with van der Waals surface area (Å²) in [6, 6.07) is 14.9. The Kier molecular flexibility index (Phi) is 7.26. The van der Waals surface area contributed by atoms with Crippen molar-refractivity contribution in [2.24, 2.45) is 5.92 Å². The van der Waals surface area contributed by atoms with E-state index in [0.717, 1.165) is 32.0 Å². The molecule has 0 saturated carbocycles. The van der Waals surface area contributed by atoms with Crippen molar-refractivity contribution >= 4 is 11.7 Å². The maximum absolute atomic E-state index is 12.8. The summed E-state index contributed by atoms with van der Waals surface area (Å²) in [4.78, 5) is 21.4. The van der Waals surface area contributed by atoms with Crippen molar-refractivity contribution in [3.05, 3.63) is 59.8 Å². The standard InChI is InChI=1S/C24H34N4O/c1-18(2)20-8-10-21(11-9-20)24(19(3)4)26-17-23(29)28-15-13-27(14-16-28)22-7-5-6-12-25-22/h5-12,18-19,24,26H,13-17H2,1-4H3/t24-/m0/s1. The maximum Gasteiger partial charge on any atom is 0.236 e. The minimum absolute atomic E-state index is 0.176. The number of anilines is 1. The Morgan fingerprint density at radius 1 is 0.966 bits per heavy atom. The number of benzene rings is 1. The topological polar surface area (TPSA) is 48.5 Å². The second-order valence-corrected chi connectivity index (χ2v) is 8.48. The van der Waals surface area contributed by atoms with E-state index in [1.807, 2.05) is 29.3 Å². The molecule has 2 aromatic rings. The van der Waals surface area contributed by atoms with Gasteiger partial charge in [0.2, 0.25) is 5.91 Å². The monoisotopic (exact) mass is 394 g/mol. The van der Waals surface area contributed by atoms with Crippen LogP contribution in [0.25, 0.3) is 0 Å². The Morgan fingerprint density at radius 3 is 2.17 bits per heavy atom. The highest BCUT2D eigenvalue weighted by molar-refractivity contribution is 5.78. The number of hydrogen-bond acceptors (Lipinski definition) is 4. The van der Waals surface area contributed by atoms with Crippen LogP contribution in [0, 0.1) is 5.92 Å². The lowest BCUT2D eigenvalue weighted by Gasteiger charge is -2.36. The molecule has 0 unspecified atom stereocenters. The first-order chi connectivity index (χ1) is 14.0. The average molecular weight is 395 g/mol. The van der Waals surface area contributed by atoms with Gasteiger partial charge in [0.1, 0.15) is 5.82 Å². The molecule has 0 spiro atoms. The summed E-state index contributed by atoms with van der Waals surface area (Å²) in [7, 11) is 0. The van der Waals surface area contributed by atoms with E-state index < -0.39 is 0 Å². The molecule has 1 aliphatic rings. The number of carbonyl (C=O) groups is 1. The van der Waals surface area contributed by atoms with Gasteiger partial charge in [0, 0.05) is 38.4 Å². The number of nitrogens with zero attached hydrogens (tertiary/aromatic N) is 3. The Labute approximate surface area is 175 Å². The minimum Gasteiger partial charge on any atom is -0.353 e. The molecule has 1 saturated heterocycles. The highest BCUT2D eigenvalue weighted by atomic mass is 16.2. The van der Waals surface area contributed by atoms with Crippen LogP contribution in [0.1, 0.15) is 50.8 Å². The highest BCUT2D eigenvalue weighted by Gasteiger charge is 2.23. The normalized spacial score (nSPS) is 15.8. The van der Waals surface area contributed by atoms with Gasteiger partial charge in [-0.2, -0.15) is 0 Å². The molecular weight excluding hydrogens is 360 g/mol. The summed E-state index contributed by atoms with van der Waals surface area (Å²) in [5.74, 6) is 2.10. The van der Waals surface area contributed by atoms with E-state index in [2.05, 4.69) is 67.2 Å². The predicted octanol–water partition coefficient (Wildman–Crippen LogP) is 3.84. The average Bonchev–Trinajstić information content (AvgIpc) is 2.74. The van der Waals surface area contributed by atoms with E-state index in [9.17, 15) is 4.79 Å². The van der Waals surface area contributed by atoms with E-state index in [0.29, 0.717) is 18.4 Å². The Hall–Kier alpha value is -2.40. The summed E-state index contributed by atoms with van der Waals surface area (Å²) in [6.45, 7) is 12.3. The van der Waals surface area contributed by atoms with Gasteiger partial charge in [-0.15, -0.1) is 0 Å². The van der Waals surface area contributed by atoms with Crippen molar-refractivity contribution in [2.45, 2.75) is 39.7 Å². The van der Waals surface area contributed by atoms with Crippen LogP contribution in [-0.2, 0) is 4.79 Å². The van der Waals surface area contributed by atoms with Gasteiger partial charge < -0.3 is 15.1 Å². The number of piperazine rings is 1. The zero-order valence-electron chi connectivity index (χ0n) is 18.1. The molecule has 0 radical (unpaired) electrons. The quantitative estimate of drug-likeness (QED) is 0.775. The lowest BCUT2D eigenvalue weighted by Crippen LogP contribution is -2.51. The first-order valence-corrected chi connectivity index (χ1v) is 10.7. The molecule has 1 aromatic carbocycles. The maximum atomic E-state index is 12.8. The van der Waals surface area contributed by atoms with Crippen molar-refractivity contribution in [1.29, 1.82) is 0 Å². The van der Waals surface area contributed by atoms with Crippen LogP contribution in [0.15, 0.2) is 48.7 Å². The number of pyridine rings is 1. The van der Waals surface area contributed by atoms with Gasteiger partial charge in [0.15, 0.2) is 0 Å². The van der Waals surface area contributed by atoms with Gasteiger partial charge in [-0.25, -0.2) is 4.98 Å². The molecule has 0 bridgehead atoms. The lowest BCUT2D eigenvalue weighted by molar-refractivity contribution is -0.130. The molecule has 2 heterocycles. The Morgan fingerprint density at radius 2 is 1.62 bits per heavy atom. The number of carbonyl (C=O) groups excluding carboxylic acids is 1. The van der Waals surface area contributed by atoms with Crippen LogP contribution in [0.4, 0.5) is 5.82 Å². The minimum atomic E-state index is 0.176. The fourth-order valence-corrected chi connectivity index (χ4v) is 3.86. The fourth-order valence-electron chi connectivity index (χ4n) is 3.86. The number of hydrogen-bond donors (Lipinski definition) is 1.